The summed E-state index contributed by atoms with van der Waals surface area (Å²) in [6, 6.07) is 65.3. The van der Waals surface area contributed by atoms with E-state index in [1.165, 1.54) is 31.8 Å². The van der Waals surface area contributed by atoms with Gasteiger partial charge < -0.3 is 9.11 Å². The van der Waals surface area contributed by atoms with Crippen molar-refractivity contribution in [3.63, 3.8) is 0 Å². The van der Waals surface area contributed by atoms with Gasteiger partial charge in [-0.2, -0.15) is 0 Å². The zero-order valence-corrected chi connectivity index (χ0v) is 27.5. The molecular weight excluding hydrogens is 598 g/mol. The Balaban J connectivity index is 0.000000179. The smallest absolute Gasteiger partial charge is 0.109 e. The van der Waals surface area contributed by atoms with Crippen molar-refractivity contribution >= 4 is 57.7 Å². The van der Waals surface area contributed by atoms with Crippen LogP contribution in [0.3, 0.4) is 0 Å². The molecule has 6 rings (SSSR count). The van der Waals surface area contributed by atoms with Gasteiger partial charge in [0.15, 0.2) is 0 Å². The molecule has 0 atom stereocenters. The van der Waals surface area contributed by atoms with Crippen LogP contribution in [0.25, 0.3) is 0 Å². The van der Waals surface area contributed by atoms with E-state index < -0.39 is 25.9 Å². The normalized spacial score (nSPS) is 11.0. The van der Waals surface area contributed by atoms with Crippen molar-refractivity contribution in [2.75, 3.05) is 13.3 Å². The largest absolute Gasteiger partial charge is 0.784 e. The molecule has 6 heteroatoms. The first-order chi connectivity index (χ1) is 21.4. The predicted octanol–water partition coefficient (Wildman–Crippen LogP) is 6.22. The zero-order chi connectivity index (χ0) is 31.3. The second kappa shape index (κ2) is 16.4. The molecule has 0 radical (unpaired) electrons. The van der Waals surface area contributed by atoms with Gasteiger partial charge in [0.05, 0.1) is 13.3 Å². The van der Waals surface area contributed by atoms with E-state index in [-0.39, 0.29) is 0 Å². The van der Waals surface area contributed by atoms with E-state index in [1.807, 2.05) is 0 Å². The molecule has 0 saturated heterocycles. The van der Waals surface area contributed by atoms with Crippen LogP contribution in [0.2, 0.25) is 0 Å². The second-order valence-corrected chi connectivity index (χ2v) is 17.8. The summed E-state index contributed by atoms with van der Waals surface area (Å²) in [5, 5.41) is 8.57. The van der Waals surface area contributed by atoms with Crippen LogP contribution in [0, 0.1) is 0 Å². The molecule has 6 aromatic carbocycles. The lowest BCUT2D eigenvalue weighted by Gasteiger charge is -2.22. The van der Waals surface area contributed by atoms with E-state index in [1.54, 1.807) is 0 Å². The summed E-state index contributed by atoms with van der Waals surface area (Å²) in [5.74, 6) is 0. The summed E-state index contributed by atoms with van der Waals surface area (Å²) >= 11 is -3.11. The van der Waals surface area contributed by atoms with Gasteiger partial charge in [0.25, 0.3) is 0 Å². The van der Waals surface area contributed by atoms with Gasteiger partial charge >= 0.3 is 0 Å². The van der Waals surface area contributed by atoms with Crippen molar-refractivity contribution in [1.82, 2.24) is 0 Å². The maximum absolute atomic E-state index is 8.44. The molecular formula is C38H36O3P2S. The zero-order valence-electron chi connectivity index (χ0n) is 24.8. The maximum Gasteiger partial charge on any atom is 0.109 e. The van der Waals surface area contributed by atoms with Crippen molar-refractivity contribution in [2.45, 2.75) is 0 Å². The summed E-state index contributed by atoms with van der Waals surface area (Å²) in [6.07, 6.45) is 0. The molecule has 0 amide bonds. The van der Waals surface area contributed by atoms with Crippen LogP contribution < -0.4 is 31.8 Å². The summed E-state index contributed by atoms with van der Waals surface area (Å²) in [7, 11) is -3.05. The maximum atomic E-state index is 8.44. The Kier molecular flexibility index (Phi) is 12.3. The number of hydrogen-bond acceptors (Lipinski definition) is 3. The fourth-order valence-corrected chi connectivity index (χ4v) is 11.7. The van der Waals surface area contributed by atoms with E-state index in [0.29, 0.717) is 0 Å². The highest BCUT2D eigenvalue weighted by Crippen LogP contribution is 2.52. The molecule has 222 valence electrons. The van der Waals surface area contributed by atoms with Crippen LogP contribution in [-0.2, 0) is 11.4 Å². The second-order valence-electron chi connectivity index (χ2n) is 10.2. The molecule has 3 nitrogen and oxygen atoms in total. The molecule has 0 bridgehead atoms. The molecule has 6 aromatic rings. The fraction of sp³-hybridized carbons (Fsp3) is 0.0526. The molecule has 0 spiro atoms. The average Bonchev–Trinajstić information content (AvgIpc) is 3.10. The molecule has 0 N–H and O–H groups in total. The molecule has 0 aliphatic rings. The van der Waals surface area contributed by atoms with Crippen molar-refractivity contribution in [3.05, 3.63) is 182 Å². The van der Waals surface area contributed by atoms with Gasteiger partial charge in [-0.3, -0.25) is 4.21 Å². The molecule has 0 saturated carbocycles. The standard InChI is InChI=1S/2C19H18P.H2O3S/c2*1-20(17-11-5-2-6-12-17,18-13-7-3-8-14-18)19-15-9-4-10-16-19;1-4(2)3/h2*2-16H,1H3;(H2,1,2,3)/q2*+1;/p-2. The Labute approximate surface area is 265 Å². The highest BCUT2D eigenvalue weighted by molar-refractivity contribution is 7.95. The summed E-state index contributed by atoms with van der Waals surface area (Å²) < 4.78 is 25.3. The Bertz CT molecular complexity index is 1370. The minimum Gasteiger partial charge on any atom is -0.784 e. The molecule has 0 fully saturated rings. The van der Waals surface area contributed by atoms with Crippen molar-refractivity contribution in [3.8, 4) is 0 Å². The van der Waals surface area contributed by atoms with E-state index in [0.717, 1.165) is 0 Å². The van der Waals surface area contributed by atoms with Crippen LogP contribution in [-0.4, -0.2) is 26.6 Å². The minimum atomic E-state index is -3.11. The van der Waals surface area contributed by atoms with Gasteiger partial charge in [-0.25, -0.2) is 0 Å². The first-order valence-electron chi connectivity index (χ1n) is 14.2. The van der Waals surface area contributed by atoms with Gasteiger partial charge in [0.2, 0.25) is 0 Å². The SMILES string of the molecule is C[P+](c1ccccc1)(c1ccccc1)c1ccccc1.C[P+](c1ccccc1)(c1ccccc1)c1ccccc1.O=S([O-])[O-]. The monoisotopic (exact) mass is 634 g/mol. The van der Waals surface area contributed by atoms with Gasteiger partial charge in [-0.05, 0) is 72.8 Å². The molecule has 0 aliphatic carbocycles. The summed E-state index contributed by atoms with van der Waals surface area (Å²) in [4.78, 5) is 0. The quantitative estimate of drug-likeness (QED) is 0.162. The average molecular weight is 635 g/mol. The minimum absolute atomic E-state index is 1.43. The number of benzene rings is 6. The fourth-order valence-electron chi connectivity index (χ4n) is 5.25. The number of rotatable bonds is 6. The first kappa shape index (κ1) is 33.1. The third kappa shape index (κ3) is 8.24. The predicted molar refractivity (Wildman–Crippen MR) is 192 cm³/mol. The topological polar surface area (TPSA) is 63.2 Å². The van der Waals surface area contributed by atoms with E-state index >= 15 is 0 Å². The molecule has 0 heterocycles. The highest BCUT2D eigenvalue weighted by atomic mass is 32.2. The lowest BCUT2D eigenvalue weighted by Crippen LogP contribution is -2.30. The lowest BCUT2D eigenvalue weighted by molar-refractivity contribution is 0.419. The lowest BCUT2D eigenvalue weighted by atomic mass is 10.4. The summed E-state index contributed by atoms with van der Waals surface area (Å²) in [6.45, 7) is 4.82. The van der Waals surface area contributed by atoms with E-state index in [2.05, 4.69) is 195 Å². The molecule has 44 heavy (non-hydrogen) atoms. The van der Waals surface area contributed by atoms with Crippen molar-refractivity contribution in [1.29, 1.82) is 0 Å². The van der Waals surface area contributed by atoms with Gasteiger partial charge in [-0.15, -0.1) is 11.4 Å². The van der Waals surface area contributed by atoms with Gasteiger partial charge in [0.1, 0.15) is 46.4 Å². The Morgan fingerprint density at radius 2 is 0.455 bits per heavy atom. The van der Waals surface area contributed by atoms with Crippen LogP contribution in [0.15, 0.2) is 182 Å². The van der Waals surface area contributed by atoms with E-state index in [9.17, 15) is 0 Å². The summed E-state index contributed by atoms with van der Waals surface area (Å²) in [5.41, 5.74) is 0. The van der Waals surface area contributed by atoms with Gasteiger partial charge in [0, 0.05) is 0 Å². The first-order valence-corrected chi connectivity index (χ1v) is 19.7. The van der Waals surface area contributed by atoms with E-state index in [4.69, 9.17) is 13.3 Å². The molecule has 0 aromatic heterocycles. The van der Waals surface area contributed by atoms with Crippen molar-refractivity contribution < 1.29 is 13.3 Å². The van der Waals surface area contributed by atoms with Crippen LogP contribution in [0.5, 0.6) is 0 Å². The van der Waals surface area contributed by atoms with Gasteiger partial charge in [-0.1, -0.05) is 109 Å². The van der Waals surface area contributed by atoms with Crippen molar-refractivity contribution in [2.24, 2.45) is 0 Å². The Hall–Kier alpha value is -3.75. The third-order valence-corrected chi connectivity index (χ3v) is 15.6. The van der Waals surface area contributed by atoms with Crippen LogP contribution in [0.4, 0.5) is 0 Å². The van der Waals surface area contributed by atoms with Crippen LogP contribution in [0.1, 0.15) is 0 Å². The highest BCUT2D eigenvalue weighted by Gasteiger charge is 2.40. The third-order valence-electron chi connectivity index (χ3n) is 7.64. The van der Waals surface area contributed by atoms with Crippen LogP contribution >= 0.6 is 14.5 Å². The molecule has 0 aliphatic heterocycles. The Morgan fingerprint density at radius 3 is 0.568 bits per heavy atom. The molecule has 0 unspecified atom stereocenters. The Morgan fingerprint density at radius 1 is 0.341 bits per heavy atom. The number of hydrogen-bond donors (Lipinski definition) is 0.